The van der Waals surface area contributed by atoms with Gasteiger partial charge in [-0.25, -0.2) is 18.9 Å². The summed E-state index contributed by atoms with van der Waals surface area (Å²) < 4.78 is 16.4. The molecule has 0 radical (unpaired) electrons. The van der Waals surface area contributed by atoms with Gasteiger partial charge in [-0.1, -0.05) is 6.07 Å². The number of likely N-dealkylation sites (N-methyl/N-ethyl adjacent to an activating group) is 1. The van der Waals surface area contributed by atoms with Gasteiger partial charge in [-0.15, -0.1) is 0 Å². The van der Waals surface area contributed by atoms with Gasteiger partial charge in [-0.3, -0.25) is 14.5 Å². The first kappa shape index (κ1) is 23.4. The topological polar surface area (TPSA) is 94.1 Å². The maximum Gasteiger partial charge on any atom is 0.180 e. The van der Waals surface area contributed by atoms with Crippen molar-refractivity contribution in [3.05, 3.63) is 84.8 Å². The lowest BCUT2D eigenvalue weighted by molar-refractivity contribution is 0.112. The molecular formula is C26H25FN8O. The number of rotatable bonds is 5. The first-order valence-corrected chi connectivity index (χ1v) is 11.7. The number of hydrogen-bond acceptors (Lipinski definition) is 7. The van der Waals surface area contributed by atoms with E-state index in [-0.39, 0.29) is 5.82 Å². The molecule has 6 heterocycles. The zero-order valence-corrected chi connectivity index (χ0v) is 19.8. The van der Waals surface area contributed by atoms with E-state index < -0.39 is 0 Å². The molecule has 1 aliphatic rings. The third-order valence-electron chi connectivity index (χ3n) is 6.17. The largest absolute Gasteiger partial charge is 0.302 e. The van der Waals surface area contributed by atoms with E-state index >= 15 is 0 Å². The van der Waals surface area contributed by atoms with Crippen molar-refractivity contribution >= 4 is 11.8 Å². The van der Waals surface area contributed by atoms with Gasteiger partial charge in [-0.2, -0.15) is 10.2 Å². The molecule has 10 heteroatoms. The van der Waals surface area contributed by atoms with Crippen LogP contribution in [-0.2, 0) is 6.54 Å². The second-order valence-electron chi connectivity index (χ2n) is 8.54. The van der Waals surface area contributed by atoms with Crippen LogP contribution in [0.15, 0.2) is 73.4 Å². The van der Waals surface area contributed by atoms with Crippen molar-refractivity contribution in [1.82, 2.24) is 39.2 Å². The fourth-order valence-electron chi connectivity index (χ4n) is 4.27. The number of carbonyl (C=O) groups is 1. The maximum absolute atomic E-state index is 12.8. The predicted octanol–water partition coefficient (Wildman–Crippen LogP) is 3.78. The molecule has 1 atom stereocenters. The SMILES string of the molecule is CN1CCC[C@H]1Cn1ccc(-c2ccc(F)cn2)n1.O=Cc1c(-c2ncccn2)nn2ccccc12. The van der Waals surface area contributed by atoms with Crippen LogP contribution in [-0.4, -0.2) is 65.2 Å². The molecule has 182 valence electrons. The molecule has 0 N–H and O–H groups in total. The summed E-state index contributed by atoms with van der Waals surface area (Å²) in [6, 6.07) is 12.8. The van der Waals surface area contributed by atoms with E-state index in [2.05, 4.69) is 37.1 Å². The van der Waals surface area contributed by atoms with E-state index in [0.29, 0.717) is 28.8 Å². The zero-order valence-electron chi connectivity index (χ0n) is 19.8. The highest BCUT2D eigenvalue weighted by Crippen LogP contribution is 2.21. The van der Waals surface area contributed by atoms with E-state index in [1.165, 1.54) is 25.1 Å². The lowest BCUT2D eigenvalue weighted by Crippen LogP contribution is -2.29. The summed E-state index contributed by atoms with van der Waals surface area (Å²) >= 11 is 0. The van der Waals surface area contributed by atoms with Crippen LogP contribution in [0.3, 0.4) is 0 Å². The summed E-state index contributed by atoms with van der Waals surface area (Å²) in [6.45, 7) is 2.07. The number of carbonyl (C=O) groups excluding carboxylic acids is 1. The van der Waals surface area contributed by atoms with Crippen molar-refractivity contribution in [3.8, 4) is 22.9 Å². The minimum Gasteiger partial charge on any atom is -0.302 e. The van der Waals surface area contributed by atoms with Crippen LogP contribution in [0.25, 0.3) is 28.4 Å². The number of likely N-dealkylation sites (tertiary alicyclic amines) is 1. The Balaban J connectivity index is 0.000000149. The second-order valence-corrected chi connectivity index (χ2v) is 8.54. The Kier molecular flexibility index (Phi) is 6.85. The van der Waals surface area contributed by atoms with E-state index in [9.17, 15) is 9.18 Å². The van der Waals surface area contributed by atoms with Crippen molar-refractivity contribution < 1.29 is 9.18 Å². The van der Waals surface area contributed by atoms with Gasteiger partial charge in [0, 0.05) is 30.8 Å². The molecule has 0 unspecified atom stereocenters. The highest BCUT2D eigenvalue weighted by molar-refractivity contribution is 5.93. The summed E-state index contributed by atoms with van der Waals surface area (Å²) in [5, 5.41) is 8.83. The summed E-state index contributed by atoms with van der Waals surface area (Å²) in [4.78, 5) is 25.8. The monoisotopic (exact) mass is 484 g/mol. The number of halogens is 1. The average molecular weight is 485 g/mol. The van der Waals surface area contributed by atoms with Crippen LogP contribution in [0.4, 0.5) is 4.39 Å². The fourth-order valence-corrected chi connectivity index (χ4v) is 4.27. The molecule has 1 fully saturated rings. The van der Waals surface area contributed by atoms with Crippen LogP contribution in [0.5, 0.6) is 0 Å². The molecule has 0 saturated carbocycles. The van der Waals surface area contributed by atoms with Gasteiger partial charge in [0.25, 0.3) is 0 Å². The van der Waals surface area contributed by atoms with Crippen molar-refractivity contribution in [2.24, 2.45) is 0 Å². The van der Waals surface area contributed by atoms with Crippen LogP contribution in [0, 0.1) is 5.82 Å². The number of aldehydes is 1. The third-order valence-corrected chi connectivity index (χ3v) is 6.17. The molecule has 6 rings (SSSR count). The highest BCUT2D eigenvalue weighted by Gasteiger charge is 2.21. The van der Waals surface area contributed by atoms with Crippen molar-refractivity contribution in [2.45, 2.75) is 25.4 Å². The second kappa shape index (κ2) is 10.5. The smallest absolute Gasteiger partial charge is 0.180 e. The Bertz CT molecular complexity index is 1450. The molecule has 1 saturated heterocycles. The third kappa shape index (κ3) is 5.03. The Morgan fingerprint density at radius 1 is 1.00 bits per heavy atom. The van der Waals surface area contributed by atoms with Crippen LogP contribution >= 0.6 is 0 Å². The molecule has 0 aliphatic carbocycles. The lowest BCUT2D eigenvalue weighted by atomic mass is 10.2. The first-order chi connectivity index (χ1) is 17.6. The summed E-state index contributed by atoms with van der Waals surface area (Å²) in [5.74, 6) is 0.133. The summed E-state index contributed by atoms with van der Waals surface area (Å²) in [6.07, 6.45) is 11.5. The molecule has 1 aliphatic heterocycles. The Morgan fingerprint density at radius 3 is 2.58 bits per heavy atom. The first-order valence-electron chi connectivity index (χ1n) is 11.7. The Hall–Kier alpha value is -4.31. The van der Waals surface area contributed by atoms with Gasteiger partial charge in [-0.05, 0) is 62.8 Å². The highest BCUT2D eigenvalue weighted by atomic mass is 19.1. The fraction of sp³-hybridized carbons (Fsp3) is 0.231. The van der Waals surface area contributed by atoms with Gasteiger partial charge in [0.1, 0.15) is 17.2 Å². The van der Waals surface area contributed by atoms with Crippen LogP contribution < -0.4 is 0 Å². The summed E-state index contributed by atoms with van der Waals surface area (Å²) in [5.41, 5.74) is 3.27. The molecule has 9 nitrogen and oxygen atoms in total. The average Bonchev–Trinajstić information content (AvgIpc) is 3.64. The van der Waals surface area contributed by atoms with Crippen molar-refractivity contribution in [2.75, 3.05) is 13.6 Å². The van der Waals surface area contributed by atoms with Gasteiger partial charge in [0.15, 0.2) is 12.1 Å². The number of aromatic nitrogens is 7. The molecule has 0 aromatic carbocycles. The molecular weight excluding hydrogens is 459 g/mol. The normalized spacial score (nSPS) is 15.6. The van der Waals surface area contributed by atoms with E-state index in [4.69, 9.17) is 0 Å². The van der Waals surface area contributed by atoms with Gasteiger partial charge in [0.2, 0.25) is 0 Å². The van der Waals surface area contributed by atoms with Crippen LogP contribution in [0.1, 0.15) is 23.2 Å². The minimum absolute atomic E-state index is 0.323. The Labute approximate surface area is 207 Å². The van der Waals surface area contributed by atoms with Gasteiger partial charge < -0.3 is 4.90 Å². The van der Waals surface area contributed by atoms with Gasteiger partial charge >= 0.3 is 0 Å². The number of nitrogens with zero attached hydrogens (tertiary/aromatic N) is 8. The molecule has 5 aromatic rings. The number of fused-ring (bicyclic) bond motifs is 1. The summed E-state index contributed by atoms with van der Waals surface area (Å²) in [7, 11) is 2.16. The molecule has 5 aromatic heterocycles. The van der Waals surface area contributed by atoms with Crippen LogP contribution in [0.2, 0.25) is 0 Å². The van der Waals surface area contributed by atoms with E-state index in [1.54, 1.807) is 35.2 Å². The Morgan fingerprint density at radius 2 is 1.86 bits per heavy atom. The molecule has 0 amide bonds. The molecule has 0 spiro atoms. The standard InChI is InChI=1S/C14H17FN4.C12H8N4O/c1-18-7-2-3-12(18)10-19-8-6-14(17-19)13-5-4-11(15)9-16-13;17-8-9-10-4-1-2-7-16(10)15-11(9)12-13-5-3-6-14-12/h4-6,8-9,12H,2-3,7,10H2,1H3;1-8H/t12-;/m0./s1. The maximum atomic E-state index is 12.8. The predicted molar refractivity (Wildman–Crippen MR) is 133 cm³/mol. The number of pyridine rings is 2. The van der Waals surface area contributed by atoms with E-state index in [0.717, 1.165) is 30.6 Å². The zero-order chi connectivity index (χ0) is 24.9. The minimum atomic E-state index is -0.323. The van der Waals surface area contributed by atoms with Crippen molar-refractivity contribution in [1.29, 1.82) is 0 Å². The van der Waals surface area contributed by atoms with Gasteiger partial charge in [0.05, 0.1) is 29.5 Å². The number of hydrogen-bond donors (Lipinski definition) is 0. The molecule has 0 bridgehead atoms. The quantitative estimate of drug-likeness (QED) is 0.351. The molecule has 36 heavy (non-hydrogen) atoms. The lowest BCUT2D eigenvalue weighted by Gasteiger charge is -2.18. The van der Waals surface area contributed by atoms with Crippen molar-refractivity contribution in [3.63, 3.8) is 0 Å². The van der Waals surface area contributed by atoms with E-state index in [1.807, 2.05) is 35.1 Å².